The molecule has 3 atom stereocenters. The summed E-state index contributed by atoms with van der Waals surface area (Å²) in [6, 6.07) is 9.76. The number of benzene rings is 1. The van der Waals surface area contributed by atoms with E-state index < -0.39 is 17.7 Å². The second-order valence-corrected chi connectivity index (χ2v) is 5.89. The molecule has 0 N–H and O–H groups in total. The maximum absolute atomic E-state index is 13.1. The third-order valence-corrected chi connectivity index (χ3v) is 5.00. The van der Waals surface area contributed by atoms with Gasteiger partial charge in [0, 0.05) is 25.7 Å². The van der Waals surface area contributed by atoms with Crippen molar-refractivity contribution in [2.24, 2.45) is 11.8 Å². The monoisotopic (exact) mass is 316 g/mol. The highest BCUT2D eigenvalue weighted by molar-refractivity contribution is 6.03. The first kappa shape index (κ1) is 15.9. The number of hydrogen-bond acceptors (Lipinski definition) is 5. The van der Waals surface area contributed by atoms with Gasteiger partial charge in [-0.1, -0.05) is 36.4 Å². The van der Waals surface area contributed by atoms with Crippen LogP contribution in [0.3, 0.4) is 0 Å². The molecule has 0 aliphatic heterocycles. The molecule has 3 aliphatic rings. The predicted molar refractivity (Wildman–Crippen MR) is 82.6 cm³/mol. The summed E-state index contributed by atoms with van der Waals surface area (Å²) in [4.78, 5) is 25.2. The van der Waals surface area contributed by atoms with Gasteiger partial charge in [-0.2, -0.15) is 0 Å². The SMILES string of the molecule is COC(=O)C1=C[C@@H]2C[C@H](c3ccccc3)[C@H]1C(=O)C2(OC)OC. The summed E-state index contributed by atoms with van der Waals surface area (Å²) in [7, 11) is 4.25. The molecule has 1 fully saturated rings. The van der Waals surface area contributed by atoms with Crippen LogP contribution in [-0.4, -0.2) is 38.9 Å². The minimum absolute atomic E-state index is 0.0776. The normalized spacial score (nSPS) is 28.4. The van der Waals surface area contributed by atoms with Crippen LogP contribution in [0.2, 0.25) is 0 Å². The standard InChI is InChI=1S/C18H20O5/c1-21-17(20)14-10-12-9-13(11-7-5-4-6-8-11)15(14)16(19)18(12,22-2)23-3/h4-8,10,12-13,15H,9H2,1-3H3/t12-,13+,15+/m0/s1. The van der Waals surface area contributed by atoms with E-state index >= 15 is 0 Å². The van der Waals surface area contributed by atoms with E-state index in [1.54, 1.807) is 6.08 Å². The van der Waals surface area contributed by atoms with Gasteiger partial charge in [-0.05, 0) is 17.9 Å². The van der Waals surface area contributed by atoms with Crippen molar-refractivity contribution in [1.29, 1.82) is 0 Å². The number of carbonyl (C=O) groups is 2. The Morgan fingerprint density at radius 1 is 1.13 bits per heavy atom. The maximum Gasteiger partial charge on any atom is 0.334 e. The summed E-state index contributed by atoms with van der Waals surface area (Å²) in [5, 5.41) is 0. The number of carbonyl (C=O) groups excluding carboxylic acids is 2. The van der Waals surface area contributed by atoms with Gasteiger partial charge in [-0.25, -0.2) is 4.79 Å². The Kier molecular flexibility index (Phi) is 4.08. The van der Waals surface area contributed by atoms with Crippen LogP contribution in [-0.2, 0) is 23.8 Å². The van der Waals surface area contributed by atoms with Gasteiger partial charge in [0.25, 0.3) is 0 Å². The Bertz CT molecular complexity index is 645. The van der Waals surface area contributed by atoms with E-state index in [0.717, 1.165) is 5.56 Å². The van der Waals surface area contributed by atoms with Crippen LogP contribution in [0.1, 0.15) is 17.9 Å². The minimum atomic E-state index is -1.31. The van der Waals surface area contributed by atoms with Gasteiger partial charge in [0.2, 0.25) is 11.6 Å². The number of rotatable bonds is 4. The van der Waals surface area contributed by atoms with E-state index in [1.165, 1.54) is 21.3 Å². The van der Waals surface area contributed by atoms with Crippen molar-refractivity contribution in [2.45, 2.75) is 18.1 Å². The maximum atomic E-state index is 13.1. The quantitative estimate of drug-likeness (QED) is 0.629. The molecule has 23 heavy (non-hydrogen) atoms. The number of methoxy groups -OCH3 is 3. The number of esters is 1. The Morgan fingerprint density at radius 2 is 1.78 bits per heavy atom. The lowest BCUT2D eigenvalue weighted by molar-refractivity contribution is -0.238. The summed E-state index contributed by atoms with van der Waals surface area (Å²) in [5.74, 6) is -3.01. The van der Waals surface area contributed by atoms with Gasteiger partial charge < -0.3 is 14.2 Å². The van der Waals surface area contributed by atoms with Crippen LogP contribution in [0.5, 0.6) is 0 Å². The summed E-state index contributed by atoms with van der Waals surface area (Å²) < 4.78 is 15.8. The third-order valence-electron chi connectivity index (χ3n) is 5.00. The van der Waals surface area contributed by atoms with Crippen molar-refractivity contribution in [3.05, 3.63) is 47.5 Å². The van der Waals surface area contributed by atoms with Crippen molar-refractivity contribution < 1.29 is 23.8 Å². The van der Waals surface area contributed by atoms with Crippen LogP contribution in [0.4, 0.5) is 0 Å². The molecule has 1 saturated carbocycles. The average Bonchev–Trinajstić information content (AvgIpc) is 2.62. The van der Waals surface area contributed by atoms with Crippen molar-refractivity contribution in [2.75, 3.05) is 21.3 Å². The molecule has 5 nitrogen and oxygen atoms in total. The smallest absolute Gasteiger partial charge is 0.334 e. The van der Waals surface area contributed by atoms with Gasteiger partial charge >= 0.3 is 5.97 Å². The molecule has 5 heteroatoms. The zero-order chi connectivity index (χ0) is 16.6. The number of hydrogen-bond donors (Lipinski definition) is 0. The molecule has 0 spiro atoms. The van der Waals surface area contributed by atoms with Crippen LogP contribution in [0.15, 0.2) is 42.0 Å². The van der Waals surface area contributed by atoms with Gasteiger partial charge in [-0.3, -0.25) is 4.79 Å². The number of fused-ring (bicyclic) bond motifs is 2. The molecule has 3 aliphatic carbocycles. The van der Waals surface area contributed by atoms with Crippen molar-refractivity contribution in [1.82, 2.24) is 0 Å². The molecule has 122 valence electrons. The Balaban J connectivity index is 2.10. The number of ether oxygens (including phenoxy) is 3. The second kappa shape index (κ2) is 5.91. The van der Waals surface area contributed by atoms with Crippen LogP contribution in [0, 0.1) is 11.8 Å². The summed E-state index contributed by atoms with van der Waals surface area (Å²) in [5.41, 5.74) is 1.44. The highest BCUT2D eigenvalue weighted by atomic mass is 16.7. The highest BCUT2D eigenvalue weighted by Crippen LogP contribution is 2.53. The fourth-order valence-corrected chi connectivity index (χ4v) is 3.93. The van der Waals surface area contributed by atoms with E-state index in [4.69, 9.17) is 14.2 Å². The molecule has 0 amide bonds. The van der Waals surface area contributed by atoms with E-state index in [2.05, 4.69) is 0 Å². The fourth-order valence-electron chi connectivity index (χ4n) is 3.93. The largest absolute Gasteiger partial charge is 0.466 e. The van der Waals surface area contributed by atoms with Crippen LogP contribution < -0.4 is 0 Å². The van der Waals surface area contributed by atoms with Gasteiger partial charge in [0.1, 0.15) is 0 Å². The lowest BCUT2D eigenvalue weighted by atomic mass is 9.59. The fraction of sp³-hybridized carbons (Fsp3) is 0.444. The lowest BCUT2D eigenvalue weighted by Gasteiger charge is -2.49. The minimum Gasteiger partial charge on any atom is -0.466 e. The topological polar surface area (TPSA) is 61.8 Å². The molecular formula is C18H20O5. The third kappa shape index (κ3) is 2.23. The zero-order valence-corrected chi connectivity index (χ0v) is 13.4. The first-order valence-electron chi connectivity index (χ1n) is 7.58. The Hall–Kier alpha value is -1.98. The van der Waals surface area contributed by atoms with Gasteiger partial charge in [0.15, 0.2) is 0 Å². The Morgan fingerprint density at radius 3 is 2.30 bits per heavy atom. The van der Waals surface area contributed by atoms with Crippen molar-refractivity contribution in [3.8, 4) is 0 Å². The highest BCUT2D eigenvalue weighted by Gasteiger charge is 2.60. The van der Waals surface area contributed by atoms with Crippen molar-refractivity contribution >= 4 is 11.8 Å². The first-order chi connectivity index (χ1) is 11.1. The molecule has 0 saturated heterocycles. The molecular weight excluding hydrogens is 296 g/mol. The van der Waals surface area contributed by atoms with E-state index in [0.29, 0.717) is 12.0 Å². The summed E-state index contributed by atoms with van der Waals surface area (Å²) >= 11 is 0. The second-order valence-electron chi connectivity index (χ2n) is 5.89. The molecule has 4 rings (SSSR count). The summed E-state index contributed by atoms with van der Waals surface area (Å²) in [6.07, 6.45) is 2.47. The number of Topliss-reactive ketones (excluding diaryl/α,β-unsaturated/α-hetero) is 1. The summed E-state index contributed by atoms with van der Waals surface area (Å²) in [6.45, 7) is 0. The molecule has 1 aromatic rings. The van der Waals surface area contributed by atoms with E-state index in [-0.39, 0.29) is 17.6 Å². The van der Waals surface area contributed by atoms with E-state index in [1.807, 2.05) is 30.3 Å². The molecule has 2 bridgehead atoms. The molecule has 0 heterocycles. The molecule has 0 unspecified atom stereocenters. The van der Waals surface area contributed by atoms with Gasteiger partial charge in [0.05, 0.1) is 13.0 Å². The number of ketones is 1. The Labute approximate surface area is 135 Å². The van der Waals surface area contributed by atoms with Gasteiger partial charge in [-0.15, -0.1) is 0 Å². The van der Waals surface area contributed by atoms with Crippen LogP contribution in [0.25, 0.3) is 0 Å². The van der Waals surface area contributed by atoms with Crippen molar-refractivity contribution in [3.63, 3.8) is 0 Å². The van der Waals surface area contributed by atoms with E-state index in [9.17, 15) is 9.59 Å². The molecule has 0 aromatic heterocycles. The first-order valence-corrected chi connectivity index (χ1v) is 7.58. The van der Waals surface area contributed by atoms with Crippen LogP contribution >= 0.6 is 0 Å². The average molecular weight is 316 g/mol. The zero-order valence-electron chi connectivity index (χ0n) is 13.4. The predicted octanol–water partition coefficient (Wildman–Crippen LogP) is 2.08. The lowest BCUT2D eigenvalue weighted by Crippen LogP contribution is -2.60. The molecule has 0 radical (unpaired) electrons. The molecule has 1 aromatic carbocycles.